The van der Waals surface area contributed by atoms with Crippen LogP contribution >= 0.6 is 0 Å². The van der Waals surface area contributed by atoms with Gasteiger partial charge in [0.05, 0.1) is 0 Å². The second-order valence-corrected chi connectivity index (χ2v) is 4.23. The summed E-state index contributed by atoms with van der Waals surface area (Å²) < 4.78 is 5.65. The molecule has 1 amide bonds. The maximum atomic E-state index is 10.8. The highest BCUT2D eigenvalue weighted by Gasteiger charge is 2.23. The number of hydrogen-bond acceptors (Lipinski definition) is 5. The molecule has 2 unspecified atom stereocenters. The van der Waals surface area contributed by atoms with Gasteiger partial charge in [0.1, 0.15) is 6.10 Å². The largest absolute Gasteiger partial charge is 0.472 e. The summed E-state index contributed by atoms with van der Waals surface area (Å²) in [6, 6.07) is 3.13. The van der Waals surface area contributed by atoms with Gasteiger partial charge in [-0.05, 0) is 25.3 Å². The molecule has 4 N–H and O–H groups in total. The van der Waals surface area contributed by atoms with E-state index < -0.39 is 5.91 Å². The summed E-state index contributed by atoms with van der Waals surface area (Å²) in [6.45, 7) is 0. The zero-order valence-electron chi connectivity index (χ0n) is 9.50. The Labute approximate surface area is 99.3 Å². The third-order valence-electron chi connectivity index (χ3n) is 2.92. The fourth-order valence-corrected chi connectivity index (χ4v) is 1.94. The lowest BCUT2D eigenvalue weighted by Crippen LogP contribution is -2.41. The zero-order valence-corrected chi connectivity index (χ0v) is 9.50. The van der Waals surface area contributed by atoms with Crippen molar-refractivity contribution in [2.24, 2.45) is 11.5 Å². The van der Waals surface area contributed by atoms with Crippen LogP contribution in [0.4, 0.5) is 0 Å². The zero-order chi connectivity index (χ0) is 12.3. The second kappa shape index (κ2) is 5.09. The lowest BCUT2D eigenvalue weighted by atomic mass is 9.93. The number of ether oxygens (including phenoxy) is 1. The van der Waals surface area contributed by atoms with Crippen molar-refractivity contribution in [3.63, 3.8) is 0 Å². The molecule has 17 heavy (non-hydrogen) atoms. The number of hydrogen-bond donors (Lipinski definition) is 2. The van der Waals surface area contributed by atoms with Crippen LogP contribution in [-0.4, -0.2) is 28.3 Å². The van der Waals surface area contributed by atoms with Gasteiger partial charge < -0.3 is 16.2 Å². The first kappa shape index (κ1) is 11.8. The average Bonchev–Trinajstić information content (AvgIpc) is 2.33. The summed E-state index contributed by atoms with van der Waals surface area (Å²) >= 11 is 0. The fraction of sp³-hybridized carbons (Fsp3) is 0.545. The Morgan fingerprint density at radius 1 is 1.29 bits per heavy atom. The molecule has 0 aromatic carbocycles. The van der Waals surface area contributed by atoms with Crippen molar-refractivity contribution in [3.05, 3.63) is 17.8 Å². The van der Waals surface area contributed by atoms with Gasteiger partial charge in [-0.1, -0.05) is 6.42 Å². The van der Waals surface area contributed by atoms with Crippen molar-refractivity contribution < 1.29 is 9.53 Å². The molecule has 92 valence electrons. The highest BCUT2D eigenvalue weighted by molar-refractivity contribution is 5.90. The monoisotopic (exact) mass is 236 g/mol. The molecular formula is C11H16N4O2. The molecule has 1 fully saturated rings. The standard InChI is InChI=1S/C11H16N4O2/c12-7-3-1-2-4-9(7)17-10-6-5-8(11(13)16)14-15-10/h5-7,9H,1-4,12H2,(H2,13,16). The van der Waals surface area contributed by atoms with Crippen molar-refractivity contribution in [1.29, 1.82) is 0 Å². The van der Waals surface area contributed by atoms with Crippen LogP contribution in [-0.2, 0) is 0 Å². The van der Waals surface area contributed by atoms with Crippen LogP contribution in [0.3, 0.4) is 0 Å². The van der Waals surface area contributed by atoms with Gasteiger partial charge in [-0.15, -0.1) is 10.2 Å². The van der Waals surface area contributed by atoms with Gasteiger partial charge >= 0.3 is 0 Å². The normalized spacial score (nSPS) is 24.3. The van der Waals surface area contributed by atoms with Crippen molar-refractivity contribution in [2.75, 3.05) is 0 Å². The van der Waals surface area contributed by atoms with E-state index in [1.807, 2.05) is 0 Å². The van der Waals surface area contributed by atoms with E-state index in [0.717, 1.165) is 25.7 Å². The van der Waals surface area contributed by atoms with Gasteiger partial charge in [-0.2, -0.15) is 0 Å². The number of carbonyl (C=O) groups is 1. The Balaban J connectivity index is 2.00. The smallest absolute Gasteiger partial charge is 0.269 e. The average molecular weight is 236 g/mol. The molecule has 2 atom stereocenters. The van der Waals surface area contributed by atoms with E-state index in [1.165, 1.54) is 6.07 Å². The molecule has 1 aromatic rings. The minimum absolute atomic E-state index is 0.0162. The van der Waals surface area contributed by atoms with Gasteiger partial charge in [0.25, 0.3) is 5.91 Å². The number of rotatable bonds is 3. The van der Waals surface area contributed by atoms with Gasteiger partial charge in [0, 0.05) is 12.1 Å². The van der Waals surface area contributed by atoms with Crippen LogP contribution in [0.1, 0.15) is 36.2 Å². The highest BCUT2D eigenvalue weighted by atomic mass is 16.5. The Kier molecular flexibility index (Phi) is 3.53. The second-order valence-electron chi connectivity index (χ2n) is 4.23. The van der Waals surface area contributed by atoms with E-state index >= 15 is 0 Å². The Hall–Kier alpha value is -1.69. The summed E-state index contributed by atoms with van der Waals surface area (Å²) in [4.78, 5) is 10.8. The number of carbonyl (C=O) groups excluding carboxylic acids is 1. The van der Waals surface area contributed by atoms with Crippen molar-refractivity contribution in [1.82, 2.24) is 10.2 Å². The lowest BCUT2D eigenvalue weighted by molar-refractivity contribution is 0.0993. The van der Waals surface area contributed by atoms with E-state index in [9.17, 15) is 4.79 Å². The van der Waals surface area contributed by atoms with Crippen molar-refractivity contribution in [3.8, 4) is 5.88 Å². The van der Waals surface area contributed by atoms with Gasteiger partial charge in [0.2, 0.25) is 5.88 Å². The van der Waals surface area contributed by atoms with Gasteiger partial charge in [-0.3, -0.25) is 4.79 Å². The van der Waals surface area contributed by atoms with E-state index in [4.69, 9.17) is 16.2 Å². The molecule has 0 bridgehead atoms. The molecule has 1 saturated carbocycles. The summed E-state index contributed by atoms with van der Waals surface area (Å²) in [5.41, 5.74) is 11.2. The molecule has 0 saturated heterocycles. The van der Waals surface area contributed by atoms with Crippen molar-refractivity contribution in [2.45, 2.75) is 37.8 Å². The summed E-state index contributed by atoms with van der Waals surface area (Å²) in [5, 5.41) is 7.48. The molecular weight excluding hydrogens is 220 g/mol. The van der Waals surface area contributed by atoms with E-state index in [-0.39, 0.29) is 17.8 Å². The van der Waals surface area contributed by atoms with Crippen molar-refractivity contribution >= 4 is 5.91 Å². The Morgan fingerprint density at radius 3 is 2.65 bits per heavy atom. The van der Waals surface area contributed by atoms with Gasteiger partial charge in [-0.25, -0.2) is 0 Å². The summed E-state index contributed by atoms with van der Waals surface area (Å²) in [5.74, 6) is -0.212. The molecule has 0 aliphatic heterocycles. The predicted octanol–water partition coefficient (Wildman–Crippen LogP) is 0.224. The molecule has 1 aromatic heterocycles. The van der Waals surface area contributed by atoms with Crippen LogP contribution in [0.5, 0.6) is 5.88 Å². The van der Waals surface area contributed by atoms with Gasteiger partial charge in [0.15, 0.2) is 5.69 Å². The third-order valence-corrected chi connectivity index (χ3v) is 2.92. The van der Waals surface area contributed by atoms with Crippen LogP contribution < -0.4 is 16.2 Å². The third kappa shape index (κ3) is 2.91. The first-order chi connectivity index (χ1) is 8.16. The molecule has 6 nitrogen and oxygen atoms in total. The lowest BCUT2D eigenvalue weighted by Gasteiger charge is -2.28. The molecule has 1 aliphatic rings. The summed E-state index contributed by atoms with van der Waals surface area (Å²) in [6.07, 6.45) is 4.15. The van der Waals surface area contributed by atoms with Crippen LogP contribution in [0.25, 0.3) is 0 Å². The topological polar surface area (TPSA) is 104 Å². The maximum absolute atomic E-state index is 10.8. The Morgan fingerprint density at radius 2 is 2.06 bits per heavy atom. The fourth-order valence-electron chi connectivity index (χ4n) is 1.94. The molecule has 6 heteroatoms. The SMILES string of the molecule is NC(=O)c1ccc(OC2CCCCC2N)nn1. The first-order valence-electron chi connectivity index (χ1n) is 5.72. The van der Waals surface area contributed by atoms with E-state index in [1.54, 1.807) is 6.07 Å². The minimum Gasteiger partial charge on any atom is -0.472 e. The molecule has 1 heterocycles. The van der Waals surface area contributed by atoms with E-state index in [0.29, 0.717) is 5.88 Å². The highest BCUT2D eigenvalue weighted by Crippen LogP contribution is 2.21. The number of aromatic nitrogens is 2. The van der Waals surface area contributed by atoms with Crippen LogP contribution in [0.15, 0.2) is 12.1 Å². The Bertz CT molecular complexity index is 393. The number of primary amides is 1. The molecule has 2 rings (SSSR count). The molecule has 0 spiro atoms. The number of nitrogens with zero attached hydrogens (tertiary/aromatic N) is 2. The first-order valence-corrected chi connectivity index (χ1v) is 5.72. The van der Waals surface area contributed by atoms with Crippen LogP contribution in [0.2, 0.25) is 0 Å². The maximum Gasteiger partial charge on any atom is 0.269 e. The number of nitrogens with two attached hydrogens (primary N) is 2. The summed E-state index contributed by atoms with van der Waals surface area (Å²) in [7, 11) is 0. The molecule has 1 aliphatic carbocycles. The van der Waals surface area contributed by atoms with Crippen LogP contribution in [0, 0.1) is 0 Å². The quantitative estimate of drug-likeness (QED) is 0.781. The minimum atomic E-state index is -0.599. The number of amides is 1. The molecule has 0 radical (unpaired) electrons. The predicted molar refractivity (Wildman–Crippen MR) is 61.4 cm³/mol. The van der Waals surface area contributed by atoms with E-state index in [2.05, 4.69) is 10.2 Å².